The second-order valence-corrected chi connectivity index (χ2v) is 6.04. The summed E-state index contributed by atoms with van der Waals surface area (Å²) in [5.41, 5.74) is -0.106. The summed E-state index contributed by atoms with van der Waals surface area (Å²) in [6.07, 6.45) is 1.66. The van der Waals surface area contributed by atoms with Crippen LogP contribution in [0.4, 0.5) is 4.79 Å². The average molecular weight is 367 g/mol. The molecule has 3 amide bonds. The standard InChI is InChI=1S/C20H21N3O4/c1-3-20(15-10-6-5-7-11-15)18(25)23(19(26)22-20)21-13-14-9-8-12-16(17(14)24)27-4-2/h5-13,24H,3-4H2,1-2H3,(H,22,26)/b21-13+/t20-/m0/s1. The molecule has 1 saturated heterocycles. The molecule has 0 radical (unpaired) electrons. The number of para-hydroxylation sites is 1. The van der Waals surface area contributed by atoms with E-state index in [1.54, 1.807) is 37.3 Å². The second-order valence-electron chi connectivity index (χ2n) is 6.04. The Morgan fingerprint density at radius 1 is 1.15 bits per heavy atom. The number of phenolic OH excluding ortho intramolecular Hbond substituents is 1. The van der Waals surface area contributed by atoms with E-state index >= 15 is 0 Å². The molecular formula is C20H21N3O4. The Morgan fingerprint density at radius 3 is 2.56 bits per heavy atom. The summed E-state index contributed by atoms with van der Waals surface area (Å²) >= 11 is 0. The lowest BCUT2D eigenvalue weighted by Gasteiger charge is -2.24. The highest BCUT2D eigenvalue weighted by Crippen LogP contribution is 2.33. The number of ether oxygens (including phenoxy) is 1. The molecule has 7 heteroatoms. The number of urea groups is 1. The van der Waals surface area contributed by atoms with Crippen LogP contribution in [0.1, 0.15) is 31.4 Å². The zero-order valence-electron chi connectivity index (χ0n) is 15.2. The van der Waals surface area contributed by atoms with Gasteiger partial charge in [0.1, 0.15) is 5.54 Å². The molecule has 1 aliphatic rings. The van der Waals surface area contributed by atoms with Gasteiger partial charge in [0.2, 0.25) is 0 Å². The molecule has 1 aliphatic heterocycles. The molecule has 27 heavy (non-hydrogen) atoms. The van der Waals surface area contributed by atoms with Crippen LogP contribution in [0.15, 0.2) is 53.6 Å². The van der Waals surface area contributed by atoms with Crippen LogP contribution in [0.3, 0.4) is 0 Å². The largest absolute Gasteiger partial charge is 0.504 e. The third-order valence-electron chi connectivity index (χ3n) is 4.51. The number of rotatable bonds is 6. The first-order chi connectivity index (χ1) is 13.0. The van der Waals surface area contributed by atoms with Crippen molar-refractivity contribution in [2.24, 2.45) is 5.10 Å². The van der Waals surface area contributed by atoms with E-state index in [-0.39, 0.29) is 5.75 Å². The zero-order valence-corrected chi connectivity index (χ0v) is 15.2. The molecule has 0 unspecified atom stereocenters. The number of carbonyl (C=O) groups excluding carboxylic acids is 2. The topological polar surface area (TPSA) is 91.2 Å². The van der Waals surface area contributed by atoms with Crippen molar-refractivity contribution in [3.8, 4) is 11.5 Å². The lowest BCUT2D eigenvalue weighted by Crippen LogP contribution is -2.43. The number of hydrazone groups is 1. The smallest absolute Gasteiger partial charge is 0.346 e. The van der Waals surface area contributed by atoms with Crippen LogP contribution < -0.4 is 10.1 Å². The predicted octanol–water partition coefficient (Wildman–Crippen LogP) is 2.98. The number of benzene rings is 2. The highest BCUT2D eigenvalue weighted by molar-refractivity contribution is 6.07. The Morgan fingerprint density at radius 2 is 1.89 bits per heavy atom. The molecule has 2 N–H and O–H groups in total. The predicted molar refractivity (Wildman–Crippen MR) is 101 cm³/mol. The highest BCUT2D eigenvalue weighted by Gasteiger charge is 2.51. The SMILES string of the molecule is CCOc1cccc(/C=N/N2C(=O)N[C@@](CC)(c3ccccc3)C2=O)c1O. The van der Waals surface area contributed by atoms with E-state index < -0.39 is 17.5 Å². The molecule has 0 saturated carbocycles. The number of hydrogen-bond donors (Lipinski definition) is 2. The van der Waals surface area contributed by atoms with Crippen molar-refractivity contribution in [3.63, 3.8) is 0 Å². The molecule has 0 bridgehead atoms. The maximum absolute atomic E-state index is 13.0. The van der Waals surface area contributed by atoms with Gasteiger partial charge >= 0.3 is 6.03 Å². The van der Waals surface area contributed by atoms with E-state index in [9.17, 15) is 14.7 Å². The van der Waals surface area contributed by atoms with E-state index in [1.165, 1.54) is 6.21 Å². The van der Waals surface area contributed by atoms with Gasteiger partial charge in [0.25, 0.3) is 5.91 Å². The molecule has 0 spiro atoms. The number of imide groups is 1. The third kappa shape index (κ3) is 3.23. The van der Waals surface area contributed by atoms with Crippen molar-refractivity contribution in [2.45, 2.75) is 25.8 Å². The normalized spacial score (nSPS) is 19.6. The van der Waals surface area contributed by atoms with Gasteiger partial charge in [0.05, 0.1) is 12.8 Å². The van der Waals surface area contributed by atoms with Gasteiger partial charge in [-0.1, -0.05) is 43.3 Å². The summed E-state index contributed by atoms with van der Waals surface area (Å²) in [5, 5.41) is 17.8. The first kappa shape index (κ1) is 18.4. The fourth-order valence-electron chi connectivity index (χ4n) is 3.06. The Kier molecular flexibility index (Phi) is 5.12. The van der Waals surface area contributed by atoms with E-state index in [4.69, 9.17) is 4.74 Å². The summed E-state index contributed by atoms with van der Waals surface area (Å²) in [5.74, 6) is -0.247. The second kappa shape index (κ2) is 7.49. The zero-order chi connectivity index (χ0) is 19.4. The molecule has 7 nitrogen and oxygen atoms in total. The van der Waals surface area contributed by atoms with Crippen LogP contribution in [0.2, 0.25) is 0 Å². The van der Waals surface area contributed by atoms with Crippen molar-refractivity contribution >= 4 is 18.2 Å². The molecule has 0 aromatic heterocycles. The Balaban J connectivity index is 1.90. The molecular weight excluding hydrogens is 346 g/mol. The summed E-state index contributed by atoms with van der Waals surface area (Å²) in [6.45, 7) is 4.04. The molecule has 3 rings (SSSR count). The molecule has 140 valence electrons. The molecule has 1 fully saturated rings. The molecule has 0 aliphatic carbocycles. The number of phenols is 1. The van der Waals surface area contributed by atoms with Gasteiger partial charge in [-0.25, -0.2) is 4.79 Å². The fraction of sp³-hybridized carbons (Fsp3) is 0.250. The monoisotopic (exact) mass is 367 g/mol. The highest BCUT2D eigenvalue weighted by atomic mass is 16.5. The molecule has 2 aromatic carbocycles. The van der Waals surface area contributed by atoms with E-state index in [0.717, 1.165) is 5.01 Å². The minimum atomic E-state index is -1.15. The Bertz CT molecular complexity index is 882. The fourth-order valence-corrected chi connectivity index (χ4v) is 3.06. The van der Waals surface area contributed by atoms with Crippen LogP contribution in [-0.4, -0.2) is 34.9 Å². The average Bonchev–Trinajstić information content (AvgIpc) is 2.94. The van der Waals surface area contributed by atoms with Gasteiger partial charge in [0.15, 0.2) is 11.5 Å². The third-order valence-corrected chi connectivity index (χ3v) is 4.51. The van der Waals surface area contributed by atoms with Crippen molar-refractivity contribution in [3.05, 3.63) is 59.7 Å². The van der Waals surface area contributed by atoms with Crippen LogP contribution in [0, 0.1) is 0 Å². The van der Waals surface area contributed by atoms with Crippen molar-refractivity contribution in [1.82, 2.24) is 10.3 Å². The minimum Gasteiger partial charge on any atom is -0.504 e. The summed E-state index contributed by atoms with van der Waals surface area (Å²) in [7, 11) is 0. The van der Waals surface area contributed by atoms with E-state index in [1.807, 2.05) is 25.1 Å². The Labute approximate surface area is 157 Å². The van der Waals surface area contributed by atoms with E-state index in [2.05, 4.69) is 10.4 Å². The van der Waals surface area contributed by atoms with Gasteiger partial charge in [0, 0.05) is 5.56 Å². The van der Waals surface area contributed by atoms with Crippen LogP contribution in [-0.2, 0) is 10.3 Å². The number of nitrogens with one attached hydrogen (secondary N) is 1. The van der Waals surface area contributed by atoms with Crippen LogP contribution in [0.5, 0.6) is 11.5 Å². The lowest BCUT2D eigenvalue weighted by atomic mass is 9.87. The summed E-state index contributed by atoms with van der Waals surface area (Å²) in [6, 6.07) is 13.4. The van der Waals surface area contributed by atoms with E-state index in [0.29, 0.717) is 29.9 Å². The lowest BCUT2D eigenvalue weighted by molar-refractivity contribution is -0.131. The molecule has 1 atom stereocenters. The molecule has 1 heterocycles. The van der Waals surface area contributed by atoms with Gasteiger partial charge in [-0.05, 0) is 31.0 Å². The van der Waals surface area contributed by atoms with Crippen LogP contribution in [0.25, 0.3) is 0 Å². The quantitative estimate of drug-likeness (QED) is 0.606. The number of carbonyl (C=O) groups is 2. The maximum atomic E-state index is 13.0. The minimum absolute atomic E-state index is 0.0973. The maximum Gasteiger partial charge on any atom is 0.346 e. The number of amides is 3. The van der Waals surface area contributed by atoms with Gasteiger partial charge in [-0.2, -0.15) is 5.10 Å². The summed E-state index contributed by atoms with van der Waals surface area (Å²) in [4.78, 5) is 25.4. The van der Waals surface area contributed by atoms with Crippen molar-refractivity contribution < 1.29 is 19.4 Å². The van der Waals surface area contributed by atoms with Gasteiger partial charge in [-0.3, -0.25) is 4.79 Å². The Hall–Kier alpha value is -3.35. The molecule has 2 aromatic rings. The number of aromatic hydroxyl groups is 1. The number of hydrogen-bond acceptors (Lipinski definition) is 5. The van der Waals surface area contributed by atoms with Gasteiger partial charge in [-0.15, -0.1) is 5.01 Å². The number of nitrogens with zero attached hydrogens (tertiary/aromatic N) is 2. The van der Waals surface area contributed by atoms with Crippen molar-refractivity contribution in [2.75, 3.05) is 6.61 Å². The summed E-state index contributed by atoms with van der Waals surface area (Å²) < 4.78 is 5.33. The first-order valence-corrected chi connectivity index (χ1v) is 8.74. The van der Waals surface area contributed by atoms with Crippen molar-refractivity contribution in [1.29, 1.82) is 0 Å². The first-order valence-electron chi connectivity index (χ1n) is 8.74. The van der Waals surface area contributed by atoms with Gasteiger partial charge < -0.3 is 15.2 Å². The van der Waals surface area contributed by atoms with Crippen LogP contribution >= 0.6 is 0 Å².